The first-order valence-corrected chi connectivity index (χ1v) is 22.0. The summed E-state index contributed by atoms with van der Waals surface area (Å²) in [5.74, 6) is 0. The molecule has 0 aliphatic carbocycles. The molecule has 18 heavy (non-hydrogen) atoms. The summed E-state index contributed by atoms with van der Waals surface area (Å²) in [7, 11) is 16.9. The predicted molar refractivity (Wildman–Crippen MR) is 89.9 cm³/mol. The predicted octanol–water partition coefficient (Wildman–Crippen LogP) is -0.00660. The van der Waals surface area contributed by atoms with Crippen molar-refractivity contribution in [3.63, 3.8) is 0 Å². The number of hydrogen-bond donors (Lipinski definition) is 0. The molecule has 0 aliphatic heterocycles. The van der Waals surface area contributed by atoms with E-state index in [1.165, 1.54) is 9.39 Å². The summed E-state index contributed by atoms with van der Waals surface area (Å²) < 4.78 is 1.30. The van der Waals surface area contributed by atoms with E-state index in [2.05, 4.69) is 92.9 Å². The first-order chi connectivity index (χ1) is 8.93. The Morgan fingerprint density at radius 2 is 1.44 bits per heavy atom. The second-order valence-corrected chi connectivity index (χ2v) is 14.5. The van der Waals surface area contributed by atoms with Crippen LogP contribution in [0.3, 0.4) is 0 Å². The zero-order chi connectivity index (χ0) is 12.9. The van der Waals surface area contributed by atoms with Crippen LogP contribution in [0.5, 0.6) is 0 Å². The van der Waals surface area contributed by atoms with Gasteiger partial charge in [0.15, 0.2) is 0 Å². The molecule has 0 fully saturated rings. The quantitative estimate of drug-likeness (QED) is 0.314. The van der Waals surface area contributed by atoms with E-state index in [0.29, 0.717) is 0 Å². The van der Waals surface area contributed by atoms with Crippen molar-refractivity contribution in [1.82, 2.24) is 0 Å². The van der Waals surface area contributed by atoms with Crippen molar-refractivity contribution in [3.8, 4) is 0 Å². The molecule has 0 bridgehead atoms. The van der Waals surface area contributed by atoms with Crippen LogP contribution in [0.25, 0.3) is 0 Å². The molecule has 0 aliphatic rings. The minimum atomic E-state index is -0.614. The Hall–Kier alpha value is 1.15. The van der Waals surface area contributed by atoms with Gasteiger partial charge in [-0.2, -0.15) is 0 Å². The van der Waals surface area contributed by atoms with Crippen molar-refractivity contribution in [2.45, 2.75) is 10.1 Å². The molecule has 1 aromatic carbocycles. The van der Waals surface area contributed by atoms with E-state index in [9.17, 15) is 0 Å². The van der Waals surface area contributed by atoms with Gasteiger partial charge in [0.1, 0.15) is 0 Å². The molecule has 1 rings (SSSR count). The summed E-state index contributed by atoms with van der Waals surface area (Å²) in [4.78, 5) is 0. The fraction of sp³-hybridized carbons (Fsp3) is 0.250. The van der Waals surface area contributed by atoms with E-state index < -0.39 is 22.1 Å². The zero-order valence-electron chi connectivity index (χ0n) is 10.5. The second-order valence-electron chi connectivity index (χ2n) is 3.79. The van der Waals surface area contributed by atoms with Crippen molar-refractivity contribution in [3.05, 3.63) is 35.9 Å². The van der Waals surface area contributed by atoms with Crippen molar-refractivity contribution >= 4 is 68.6 Å². The Kier molecular flexibility index (Phi) is 12.6. The maximum atomic E-state index is 3.60. The molecule has 74 valence electrons. The number of hydrogen-bond acceptors (Lipinski definition) is 0. The summed E-state index contributed by atoms with van der Waals surface area (Å²) in [6.45, 7) is 0. The first kappa shape index (κ1) is 17.2. The number of benzene rings is 1. The molecule has 0 spiro atoms. The van der Waals surface area contributed by atoms with Crippen LogP contribution in [-0.2, 0) is 28.5 Å². The molecule has 0 unspecified atom stereocenters. The molecule has 0 heterocycles. The Bertz CT molecular complexity index is 290. The summed E-state index contributed by atoms with van der Waals surface area (Å²) in [6, 6.07) is 10.5. The van der Waals surface area contributed by atoms with Gasteiger partial charge < -0.3 is 0 Å². The van der Waals surface area contributed by atoms with Crippen LogP contribution < -0.4 is 0 Å². The zero-order valence-corrected chi connectivity index (χ0v) is 17.6. The normalized spacial score (nSPS) is 8.50. The first-order valence-electron chi connectivity index (χ1n) is 6.18. The van der Waals surface area contributed by atoms with Gasteiger partial charge in [0, 0.05) is 0 Å². The average Bonchev–Trinajstić information content (AvgIpc) is 2.42. The summed E-state index contributed by atoms with van der Waals surface area (Å²) >= 11 is 2.99. The van der Waals surface area contributed by atoms with E-state index >= 15 is 0 Å². The maximum absolute atomic E-state index is 3.60. The molecular formula is C8H9B8BrHg. The van der Waals surface area contributed by atoms with Gasteiger partial charge in [-0.05, 0) is 0 Å². The minimum Gasteiger partial charge on any atom is -0.0622 e. The molecular weight excluding hydrogens is 463 g/mol. The van der Waals surface area contributed by atoms with Crippen molar-refractivity contribution in [1.29, 1.82) is 0 Å². The van der Waals surface area contributed by atoms with E-state index in [4.69, 9.17) is 0 Å². The third kappa shape index (κ3) is 10.0. The van der Waals surface area contributed by atoms with E-state index in [1.54, 1.807) is 0 Å². The van der Waals surface area contributed by atoms with Crippen LogP contribution in [0.2, 0.25) is 3.83 Å². The summed E-state index contributed by atoms with van der Waals surface area (Å²) in [5.41, 5.74) is 1.35. The molecule has 1 aromatic rings. The number of halogens is 1. The standard InChI is InChI=1S/C8H9B8.BrH.Hg/c1-9-11-13-15-16-14-12-10-7-8-5-3-2-4-6-8;;/h2-6H,1,7H2;1H;/q;;+1/p-1. The molecule has 8 radical (unpaired) electrons. The van der Waals surface area contributed by atoms with Crippen molar-refractivity contribution in [2.24, 2.45) is 0 Å². The van der Waals surface area contributed by atoms with Crippen LogP contribution in [0.15, 0.2) is 30.3 Å². The molecule has 0 saturated carbocycles. The molecule has 0 atom stereocenters. The minimum absolute atomic E-state index is 0.614. The van der Waals surface area contributed by atoms with Crippen molar-refractivity contribution < 1.29 is 22.1 Å². The molecule has 0 saturated heterocycles. The smallest absolute Gasteiger partial charge is 0.0622 e. The molecule has 0 amide bonds. The van der Waals surface area contributed by atoms with Crippen molar-refractivity contribution in [2.75, 3.05) is 0 Å². The Morgan fingerprint density at radius 1 is 0.833 bits per heavy atom. The SMILES string of the molecule is [Br][Hg][CH2][B][B][B][B][B][B][B][B]Cc1ccccc1. The average molecular weight is 472 g/mol. The van der Waals surface area contributed by atoms with Crippen LogP contribution >= 0.6 is 11.9 Å². The van der Waals surface area contributed by atoms with Gasteiger partial charge in [-0.15, -0.1) is 0 Å². The summed E-state index contributed by atoms with van der Waals surface area (Å²) in [6.07, 6.45) is 0.994. The van der Waals surface area contributed by atoms with Gasteiger partial charge in [-0.3, -0.25) is 0 Å². The van der Waals surface area contributed by atoms with E-state index in [0.717, 1.165) is 6.32 Å². The van der Waals surface area contributed by atoms with Crippen LogP contribution in [0.4, 0.5) is 0 Å². The van der Waals surface area contributed by atoms with Gasteiger partial charge in [-0.1, -0.05) is 18.2 Å². The molecule has 0 aromatic heterocycles. The Labute approximate surface area is 135 Å². The molecule has 10 heteroatoms. The second kappa shape index (κ2) is 13.2. The fourth-order valence-electron chi connectivity index (χ4n) is 1.39. The topological polar surface area (TPSA) is 0 Å². The van der Waals surface area contributed by atoms with Gasteiger partial charge in [0.2, 0.25) is 0 Å². The molecule has 0 N–H and O–H groups in total. The molecule has 0 nitrogen and oxygen atoms in total. The van der Waals surface area contributed by atoms with Crippen LogP contribution in [-0.4, -0.2) is 56.7 Å². The van der Waals surface area contributed by atoms with Gasteiger partial charge >= 0.3 is 119 Å². The van der Waals surface area contributed by atoms with Gasteiger partial charge in [0.25, 0.3) is 0 Å². The third-order valence-electron chi connectivity index (χ3n) is 2.30. The Balaban J connectivity index is 1.82. The van der Waals surface area contributed by atoms with E-state index in [1.807, 2.05) is 6.07 Å². The number of rotatable bonds is 11. The Morgan fingerprint density at radius 3 is 2.11 bits per heavy atom. The van der Waals surface area contributed by atoms with Gasteiger partial charge in [0.05, 0.1) is 0 Å². The van der Waals surface area contributed by atoms with Gasteiger partial charge in [-0.25, -0.2) is 0 Å². The summed E-state index contributed by atoms with van der Waals surface area (Å²) in [5, 5.41) is 0. The van der Waals surface area contributed by atoms with Crippen LogP contribution in [0, 0.1) is 0 Å². The fourth-order valence-corrected chi connectivity index (χ4v) is 4.95. The third-order valence-corrected chi connectivity index (χ3v) is 8.46. The van der Waals surface area contributed by atoms with Crippen LogP contribution in [0.1, 0.15) is 5.56 Å². The monoisotopic (exact) mass is 474 g/mol. The van der Waals surface area contributed by atoms with E-state index in [-0.39, 0.29) is 0 Å².